The van der Waals surface area contributed by atoms with Crippen LogP contribution in [0.3, 0.4) is 0 Å². The van der Waals surface area contributed by atoms with Crippen LogP contribution in [0.1, 0.15) is 75.7 Å². The summed E-state index contributed by atoms with van der Waals surface area (Å²) >= 11 is 0. The van der Waals surface area contributed by atoms with Gasteiger partial charge in [-0.1, -0.05) is 45.2 Å². The Balaban J connectivity index is 0.000000483. The van der Waals surface area contributed by atoms with Gasteiger partial charge in [0.2, 0.25) is 12.3 Å². The van der Waals surface area contributed by atoms with Crippen molar-refractivity contribution in [3.05, 3.63) is 35.4 Å². The zero-order valence-electron chi connectivity index (χ0n) is 18.0. The molecule has 3 amide bonds. The van der Waals surface area contributed by atoms with Crippen molar-refractivity contribution < 1.29 is 14.4 Å². The van der Waals surface area contributed by atoms with E-state index in [2.05, 4.69) is 16.0 Å². The van der Waals surface area contributed by atoms with Gasteiger partial charge in [-0.15, -0.1) is 0 Å². The Morgan fingerprint density at radius 2 is 1.79 bits per heavy atom. The van der Waals surface area contributed by atoms with Gasteiger partial charge in [-0.25, -0.2) is 0 Å². The number of hydrogen-bond donors (Lipinski definition) is 3. The van der Waals surface area contributed by atoms with E-state index in [1.165, 1.54) is 19.3 Å². The predicted octanol–water partition coefficient (Wildman–Crippen LogP) is 3.41. The Hall–Kier alpha value is -2.37. The summed E-state index contributed by atoms with van der Waals surface area (Å²) in [4.78, 5) is 32.8. The number of carbonyl (C=O) groups excluding carboxylic acids is 3. The third-order valence-electron chi connectivity index (χ3n) is 4.21. The van der Waals surface area contributed by atoms with Crippen LogP contribution in [0.2, 0.25) is 0 Å². The minimum atomic E-state index is -0.127. The van der Waals surface area contributed by atoms with E-state index in [9.17, 15) is 14.4 Å². The second-order valence-electron chi connectivity index (χ2n) is 6.78. The van der Waals surface area contributed by atoms with Gasteiger partial charge in [0.1, 0.15) is 0 Å². The minimum Gasteiger partial charge on any atom is -0.355 e. The Morgan fingerprint density at radius 1 is 1.14 bits per heavy atom. The molecule has 0 radical (unpaired) electrons. The number of amides is 3. The highest BCUT2D eigenvalue weighted by Gasteiger charge is 2.20. The molecule has 6 nitrogen and oxygen atoms in total. The molecule has 1 aliphatic carbocycles. The van der Waals surface area contributed by atoms with E-state index in [0.29, 0.717) is 30.5 Å². The quantitative estimate of drug-likeness (QED) is 0.650. The lowest BCUT2D eigenvalue weighted by Crippen LogP contribution is -2.36. The highest BCUT2D eigenvalue weighted by atomic mass is 16.2. The number of nitrogens with one attached hydrogen (secondary N) is 3. The summed E-state index contributed by atoms with van der Waals surface area (Å²) in [5.74, 6) is 0.448. The predicted molar refractivity (Wildman–Crippen MR) is 114 cm³/mol. The molecule has 1 saturated carbocycles. The molecular weight excluding hydrogens is 354 g/mol. The van der Waals surface area contributed by atoms with Crippen molar-refractivity contribution >= 4 is 18.2 Å². The van der Waals surface area contributed by atoms with Crippen LogP contribution in [-0.2, 0) is 16.1 Å². The number of hydrogen-bond acceptors (Lipinski definition) is 3. The second-order valence-corrected chi connectivity index (χ2v) is 6.78. The molecule has 0 heterocycles. The molecule has 28 heavy (non-hydrogen) atoms. The monoisotopic (exact) mass is 391 g/mol. The summed E-state index contributed by atoms with van der Waals surface area (Å²) in [6.45, 7) is 8.47. The summed E-state index contributed by atoms with van der Waals surface area (Å²) in [6.07, 6.45) is 6.60. The molecule has 0 saturated heterocycles. The average Bonchev–Trinajstić information content (AvgIpc) is 2.74. The lowest BCUT2D eigenvalue weighted by molar-refractivity contribution is -0.126. The van der Waals surface area contributed by atoms with Gasteiger partial charge < -0.3 is 16.0 Å². The van der Waals surface area contributed by atoms with E-state index in [0.717, 1.165) is 18.4 Å². The van der Waals surface area contributed by atoms with Crippen molar-refractivity contribution in [2.75, 3.05) is 7.05 Å². The standard InChI is InChI=1S/C10H12N2O2.C10H19NO.C2H6/c1-11-10(14)9-4-2-3-8(5-9)6-12-7-13;1-8(2)11-10(12)9-6-4-3-5-7-9;1-2/h2-5,7H,6H2,1H3,(H,11,14)(H,12,13);8-9H,3-7H2,1-2H3,(H,11,12);1-2H3. The lowest BCUT2D eigenvalue weighted by Gasteiger charge is -2.21. The molecule has 6 heteroatoms. The van der Waals surface area contributed by atoms with Crippen molar-refractivity contribution in [1.29, 1.82) is 0 Å². The SMILES string of the molecule is CC.CC(C)NC(=O)C1CCCCC1.CNC(=O)c1cccc(CNC=O)c1. The molecule has 0 atom stereocenters. The van der Waals surface area contributed by atoms with Crippen LogP contribution >= 0.6 is 0 Å². The summed E-state index contributed by atoms with van der Waals surface area (Å²) in [5.41, 5.74) is 1.50. The van der Waals surface area contributed by atoms with Crippen LogP contribution in [0, 0.1) is 5.92 Å². The second kappa shape index (κ2) is 15.7. The zero-order chi connectivity index (χ0) is 21.4. The van der Waals surface area contributed by atoms with E-state index in [4.69, 9.17) is 0 Å². The van der Waals surface area contributed by atoms with Crippen LogP contribution in [0.25, 0.3) is 0 Å². The molecule has 3 N–H and O–H groups in total. The normalized spacial score (nSPS) is 13.2. The van der Waals surface area contributed by atoms with Crippen molar-refractivity contribution in [3.63, 3.8) is 0 Å². The van der Waals surface area contributed by atoms with Gasteiger partial charge in [0.25, 0.3) is 5.91 Å². The Bertz CT molecular complexity index is 582. The van der Waals surface area contributed by atoms with E-state index in [1.54, 1.807) is 25.2 Å². The maximum Gasteiger partial charge on any atom is 0.251 e. The Kier molecular flexibility index (Phi) is 14.3. The molecule has 0 bridgehead atoms. The van der Waals surface area contributed by atoms with Gasteiger partial charge in [-0.3, -0.25) is 14.4 Å². The first-order valence-corrected chi connectivity index (χ1v) is 10.3. The fourth-order valence-electron chi connectivity index (χ4n) is 2.89. The van der Waals surface area contributed by atoms with Gasteiger partial charge in [-0.2, -0.15) is 0 Å². The van der Waals surface area contributed by atoms with Gasteiger partial charge in [0.15, 0.2) is 0 Å². The smallest absolute Gasteiger partial charge is 0.251 e. The fourth-order valence-corrected chi connectivity index (χ4v) is 2.89. The fraction of sp³-hybridized carbons (Fsp3) is 0.591. The topological polar surface area (TPSA) is 87.3 Å². The molecule has 1 aliphatic rings. The van der Waals surface area contributed by atoms with Gasteiger partial charge >= 0.3 is 0 Å². The lowest BCUT2D eigenvalue weighted by atomic mass is 9.88. The number of rotatable bonds is 6. The number of benzene rings is 1. The summed E-state index contributed by atoms with van der Waals surface area (Å²) in [6, 6.07) is 7.40. The molecule has 0 aliphatic heterocycles. The molecular formula is C22H37N3O3. The van der Waals surface area contributed by atoms with Crippen LogP contribution in [0.4, 0.5) is 0 Å². The highest BCUT2D eigenvalue weighted by molar-refractivity contribution is 5.94. The molecule has 158 valence electrons. The van der Waals surface area contributed by atoms with Crippen molar-refractivity contribution in [2.24, 2.45) is 5.92 Å². The maximum atomic E-state index is 11.5. The highest BCUT2D eigenvalue weighted by Crippen LogP contribution is 2.23. The van der Waals surface area contributed by atoms with Gasteiger partial charge in [0.05, 0.1) is 0 Å². The third kappa shape index (κ3) is 10.7. The summed E-state index contributed by atoms with van der Waals surface area (Å²) in [5, 5.41) is 8.05. The third-order valence-corrected chi connectivity index (χ3v) is 4.21. The van der Waals surface area contributed by atoms with Gasteiger partial charge in [0, 0.05) is 31.1 Å². The van der Waals surface area contributed by atoms with Gasteiger partial charge in [-0.05, 0) is 44.4 Å². The van der Waals surface area contributed by atoms with E-state index < -0.39 is 0 Å². The van der Waals surface area contributed by atoms with Crippen molar-refractivity contribution in [2.45, 2.75) is 72.4 Å². The first-order chi connectivity index (χ1) is 13.5. The average molecular weight is 392 g/mol. The zero-order valence-corrected chi connectivity index (χ0v) is 18.0. The first kappa shape index (κ1) is 25.6. The van der Waals surface area contributed by atoms with Crippen molar-refractivity contribution in [3.8, 4) is 0 Å². The van der Waals surface area contributed by atoms with E-state index in [-0.39, 0.29) is 11.8 Å². The molecule has 2 rings (SSSR count). The maximum absolute atomic E-state index is 11.5. The molecule has 1 aromatic rings. The molecule has 0 spiro atoms. The van der Waals surface area contributed by atoms with E-state index >= 15 is 0 Å². The molecule has 0 unspecified atom stereocenters. The first-order valence-electron chi connectivity index (χ1n) is 10.3. The largest absolute Gasteiger partial charge is 0.355 e. The molecule has 0 aromatic heterocycles. The van der Waals surface area contributed by atoms with Crippen LogP contribution in [0.15, 0.2) is 24.3 Å². The van der Waals surface area contributed by atoms with Crippen molar-refractivity contribution in [1.82, 2.24) is 16.0 Å². The number of carbonyl (C=O) groups is 3. The molecule has 1 aromatic carbocycles. The summed E-state index contributed by atoms with van der Waals surface area (Å²) < 4.78 is 0. The van der Waals surface area contributed by atoms with Crippen LogP contribution < -0.4 is 16.0 Å². The van der Waals surface area contributed by atoms with E-state index in [1.807, 2.05) is 33.8 Å². The summed E-state index contributed by atoms with van der Waals surface area (Å²) in [7, 11) is 1.58. The Labute approximate surface area is 169 Å². The minimum absolute atomic E-state index is 0.127. The van der Waals surface area contributed by atoms with Crippen LogP contribution in [-0.4, -0.2) is 31.3 Å². The molecule has 1 fully saturated rings. The Morgan fingerprint density at radius 3 is 2.32 bits per heavy atom. The van der Waals surface area contributed by atoms with Crippen LogP contribution in [0.5, 0.6) is 0 Å².